The Balaban J connectivity index is 1.41. The largest absolute Gasteiger partial charge is 0.504 e. The Bertz CT molecular complexity index is 1300. The summed E-state index contributed by atoms with van der Waals surface area (Å²) in [7, 11) is 0. The number of hydrogen-bond acceptors (Lipinski definition) is 8. The SMILES string of the molecule is Cc1cc(CN2CCOCC2)ccc1Nc1oc(C=C2C=Nc3ncccc32)c(O)c1C(=O)O. The smallest absolute Gasteiger partial charge is 0.345 e. The highest BCUT2D eigenvalue weighted by Gasteiger charge is 2.26. The van der Waals surface area contributed by atoms with Gasteiger partial charge >= 0.3 is 5.97 Å². The number of pyridine rings is 1. The highest BCUT2D eigenvalue weighted by atomic mass is 16.5. The van der Waals surface area contributed by atoms with E-state index >= 15 is 0 Å². The number of anilines is 2. The van der Waals surface area contributed by atoms with Crippen LogP contribution in [0.2, 0.25) is 0 Å². The summed E-state index contributed by atoms with van der Waals surface area (Å²) >= 11 is 0. The molecule has 3 aromatic rings. The summed E-state index contributed by atoms with van der Waals surface area (Å²) in [6.07, 6.45) is 4.80. The van der Waals surface area contributed by atoms with E-state index in [1.165, 1.54) is 0 Å². The van der Waals surface area contributed by atoms with Gasteiger partial charge in [-0.1, -0.05) is 12.1 Å². The lowest BCUT2D eigenvalue weighted by molar-refractivity contribution is 0.0342. The molecule has 4 heterocycles. The lowest BCUT2D eigenvalue weighted by Gasteiger charge is -2.26. The second-order valence-electron chi connectivity index (χ2n) is 8.22. The number of carboxylic acid groups (broad SMARTS) is 1. The van der Waals surface area contributed by atoms with Crippen molar-refractivity contribution in [2.24, 2.45) is 4.99 Å². The number of aliphatic imine (C=N–C) groups is 1. The quantitative estimate of drug-likeness (QED) is 0.500. The predicted octanol–water partition coefficient (Wildman–Crippen LogP) is 4.22. The molecule has 9 nitrogen and oxygen atoms in total. The number of aromatic hydroxyl groups is 1. The molecule has 9 heteroatoms. The molecule has 3 N–H and O–H groups in total. The molecular weight excluding hydrogens is 436 g/mol. The lowest BCUT2D eigenvalue weighted by atomic mass is 10.1. The van der Waals surface area contributed by atoms with Crippen LogP contribution < -0.4 is 5.32 Å². The number of carbonyl (C=O) groups is 1. The summed E-state index contributed by atoms with van der Waals surface area (Å²) in [6, 6.07) is 9.57. The Hall–Kier alpha value is -3.95. The van der Waals surface area contributed by atoms with Gasteiger partial charge in [-0.25, -0.2) is 14.8 Å². The second-order valence-corrected chi connectivity index (χ2v) is 8.22. The summed E-state index contributed by atoms with van der Waals surface area (Å²) in [5.74, 6) is -1.20. The van der Waals surface area contributed by atoms with Crippen molar-refractivity contribution in [2.75, 3.05) is 31.6 Å². The highest BCUT2D eigenvalue weighted by molar-refractivity contribution is 6.21. The van der Waals surface area contributed by atoms with E-state index in [4.69, 9.17) is 9.15 Å². The van der Waals surface area contributed by atoms with E-state index < -0.39 is 11.7 Å². The first-order valence-corrected chi connectivity index (χ1v) is 11.0. The normalized spacial score (nSPS) is 16.7. The van der Waals surface area contributed by atoms with Crippen molar-refractivity contribution in [1.29, 1.82) is 0 Å². The van der Waals surface area contributed by atoms with E-state index in [-0.39, 0.29) is 17.2 Å². The molecule has 0 spiro atoms. The van der Waals surface area contributed by atoms with E-state index in [2.05, 4.69) is 26.3 Å². The fourth-order valence-corrected chi connectivity index (χ4v) is 4.11. The molecule has 5 rings (SSSR count). The first-order valence-electron chi connectivity index (χ1n) is 11.0. The van der Waals surface area contributed by atoms with Gasteiger partial charge in [0.25, 0.3) is 0 Å². The van der Waals surface area contributed by atoms with E-state index in [1.54, 1.807) is 24.6 Å². The molecule has 0 radical (unpaired) electrons. The zero-order valence-electron chi connectivity index (χ0n) is 18.6. The maximum absolute atomic E-state index is 11.9. The van der Waals surface area contributed by atoms with E-state index in [1.807, 2.05) is 25.1 Å². The Kier molecular flexibility index (Phi) is 5.87. The number of aromatic nitrogens is 1. The molecule has 1 saturated heterocycles. The Morgan fingerprint density at radius 3 is 2.85 bits per heavy atom. The third kappa shape index (κ3) is 4.30. The van der Waals surface area contributed by atoms with Crippen molar-refractivity contribution in [1.82, 2.24) is 9.88 Å². The van der Waals surface area contributed by atoms with Gasteiger partial charge < -0.3 is 24.7 Å². The third-order valence-electron chi connectivity index (χ3n) is 5.88. The number of carboxylic acids is 1. The van der Waals surface area contributed by atoms with E-state index in [9.17, 15) is 15.0 Å². The number of fused-ring (bicyclic) bond motifs is 1. The fourth-order valence-electron chi connectivity index (χ4n) is 4.11. The van der Waals surface area contributed by atoms with Crippen molar-refractivity contribution in [3.05, 3.63) is 64.5 Å². The van der Waals surface area contributed by atoms with Crippen LogP contribution in [0.3, 0.4) is 0 Å². The molecule has 2 aromatic heterocycles. The van der Waals surface area contributed by atoms with Gasteiger partial charge in [-0.05, 0) is 42.3 Å². The third-order valence-corrected chi connectivity index (χ3v) is 5.88. The number of furan rings is 1. The van der Waals surface area contributed by atoms with Crippen molar-refractivity contribution in [2.45, 2.75) is 13.5 Å². The summed E-state index contributed by atoms with van der Waals surface area (Å²) in [5.41, 5.74) is 3.89. The minimum absolute atomic E-state index is 0.0274. The molecule has 174 valence electrons. The summed E-state index contributed by atoms with van der Waals surface area (Å²) in [5, 5.41) is 23.4. The number of benzene rings is 1. The van der Waals surface area contributed by atoms with Crippen LogP contribution in [-0.2, 0) is 11.3 Å². The zero-order chi connectivity index (χ0) is 23.7. The number of nitrogens with one attached hydrogen (secondary N) is 1. The number of aromatic carboxylic acids is 1. The molecule has 0 unspecified atom stereocenters. The molecular formula is C25H24N4O5. The average Bonchev–Trinajstić information content (AvgIpc) is 3.37. The molecule has 0 atom stereocenters. The maximum atomic E-state index is 11.9. The Morgan fingerprint density at radius 2 is 2.09 bits per heavy atom. The van der Waals surface area contributed by atoms with Crippen LogP contribution >= 0.6 is 0 Å². The predicted molar refractivity (Wildman–Crippen MR) is 128 cm³/mol. The van der Waals surface area contributed by atoms with Crippen LogP contribution in [0, 0.1) is 6.92 Å². The summed E-state index contributed by atoms with van der Waals surface area (Å²) < 4.78 is 11.2. The molecule has 2 aliphatic rings. The average molecular weight is 460 g/mol. The zero-order valence-corrected chi connectivity index (χ0v) is 18.6. The van der Waals surface area contributed by atoms with Crippen molar-refractivity contribution in [3.8, 4) is 5.75 Å². The molecule has 34 heavy (non-hydrogen) atoms. The Labute approximate surface area is 196 Å². The minimum atomic E-state index is -1.29. The number of rotatable bonds is 6. The number of morpholine rings is 1. The van der Waals surface area contributed by atoms with Crippen LogP contribution in [0.15, 0.2) is 45.9 Å². The number of nitrogens with zero attached hydrogens (tertiary/aromatic N) is 3. The number of hydrogen-bond donors (Lipinski definition) is 3. The molecule has 0 amide bonds. The fraction of sp³-hybridized carbons (Fsp3) is 0.240. The van der Waals surface area contributed by atoms with Gasteiger partial charge in [0.05, 0.1) is 13.2 Å². The summed E-state index contributed by atoms with van der Waals surface area (Å²) in [6.45, 7) is 6.04. The molecule has 1 fully saturated rings. The number of allylic oxidation sites excluding steroid dienone is 1. The standard InChI is InChI=1S/C25H24N4O5/c1-15-11-16(14-29-7-9-33-10-8-29)4-5-19(15)28-24-21(25(31)32)22(30)20(34-24)12-17-13-27-23-18(17)3-2-6-26-23/h2-6,11-13,28,30H,7-10,14H2,1H3,(H,31,32). The highest BCUT2D eigenvalue weighted by Crippen LogP contribution is 2.39. The van der Waals surface area contributed by atoms with Gasteiger partial charge in [0, 0.05) is 48.9 Å². The van der Waals surface area contributed by atoms with Crippen LogP contribution in [0.1, 0.15) is 32.8 Å². The second kappa shape index (κ2) is 9.12. The van der Waals surface area contributed by atoms with Crippen LogP contribution in [0.25, 0.3) is 11.6 Å². The first-order chi connectivity index (χ1) is 16.5. The van der Waals surface area contributed by atoms with Crippen LogP contribution in [0.4, 0.5) is 17.4 Å². The topological polar surface area (TPSA) is 120 Å². The van der Waals surface area contributed by atoms with Crippen LogP contribution in [-0.4, -0.2) is 58.6 Å². The Morgan fingerprint density at radius 1 is 1.26 bits per heavy atom. The van der Waals surface area contributed by atoms with Crippen LogP contribution in [0.5, 0.6) is 5.75 Å². The summed E-state index contributed by atoms with van der Waals surface area (Å²) in [4.78, 5) is 22.7. The molecule has 0 aliphatic carbocycles. The van der Waals surface area contributed by atoms with E-state index in [0.717, 1.165) is 49.5 Å². The van der Waals surface area contributed by atoms with E-state index in [0.29, 0.717) is 17.1 Å². The van der Waals surface area contributed by atoms with Crippen molar-refractivity contribution in [3.63, 3.8) is 0 Å². The molecule has 2 aliphatic heterocycles. The van der Waals surface area contributed by atoms with Gasteiger partial charge in [0.15, 0.2) is 22.9 Å². The maximum Gasteiger partial charge on any atom is 0.345 e. The van der Waals surface area contributed by atoms with Crippen molar-refractivity contribution < 1.29 is 24.2 Å². The minimum Gasteiger partial charge on any atom is -0.504 e. The van der Waals surface area contributed by atoms with Crippen molar-refractivity contribution >= 4 is 41.2 Å². The van der Waals surface area contributed by atoms with Gasteiger partial charge in [-0.15, -0.1) is 0 Å². The molecule has 1 aromatic carbocycles. The number of ether oxygens (including phenoxy) is 1. The van der Waals surface area contributed by atoms with Gasteiger partial charge in [-0.3, -0.25) is 4.90 Å². The van der Waals surface area contributed by atoms with Gasteiger partial charge in [0.2, 0.25) is 5.88 Å². The monoisotopic (exact) mass is 460 g/mol. The molecule has 0 saturated carbocycles. The lowest BCUT2D eigenvalue weighted by Crippen LogP contribution is -2.35. The first kappa shape index (κ1) is 21.9. The number of aryl methyl sites for hydroxylation is 1. The molecule has 0 bridgehead atoms. The van der Waals surface area contributed by atoms with Gasteiger partial charge in [0.1, 0.15) is 0 Å². The van der Waals surface area contributed by atoms with Gasteiger partial charge in [-0.2, -0.15) is 0 Å².